The van der Waals surface area contributed by atoms with Crippen LogP contribution in [-0.2, 0) is 6.54 Å². The minimum absolute atomic E-state index is 0.188. The van der Waals surface area contributed by atoms with Crippen molar-refractivity contribution >= 4 is 5.69 Å². The van der Waals surface area contributed by atoms with Crippen LogP contribution in [0.25, 0.3) is 0 Å². The third-order valence-corrected chi connectivity index (χ3v) is 4.93. The van der Waals surface area contributed by atoms with Gasteiger partial charge in [0.15, 0.2) is 0 Å². The molecule has 0 saturated carbocycles. The van der Waals surface area contributed by atoms with Crippen LogP contribution in [0.3, 0.4) is 0 Å². The zero-order valence-corrected chi connectivity index (χ0v) is 11.8. The van der Waals surface area contributed by atoms with Gasteiger partial charge < -0.3 is 20.1 Å². The Morgan fingerprint density at radius 2 is 1.95 bits per heavy atom. The van der Waals surface area contributed by atoms with E-state index in [-0.39, 0.29) is 5.56 Å². The number of piperidine rings is 1. The molecule has 0 aromatic carbocycles. The van der Waals surface area contributed by atoms with Crippen LogP contribution in [0.15, 0.2) is 16.9 Å². The Bertz CT molecular complexity index is 561. The van der Waals surface area contributed by atoms with Crippen molar-refractivity contribution in [2.45, 2.75) is 18.9 Å². The predicted molar refractivity (Wildman–Crippen MR) is 79.5 cm³/mol. The topological polar surface area (TPSA) is 49.3 Å². The van der Waals surface area contributed by atoms with Crippen molar-refractivity contribution in [1.29, 1.82) is 0 Å². The maximum Gasteiger partial charge on any atom is 0.252 e. The van der Waals surface area contributed by atoms with E-state index in [4.69, 9.17) is 0 Å². The molecule has 0 amide bonds. The molecule has 3 aliphatic rings. The fraction of sp³-hybridized carbons (Fsp3) is 0.667. The molecule has 4 heterocycles. The largest absolute Gasteiger partial charge is 0.369 e. The average Bonchev–Trinajstić information content (AvgIpc) is 2.49. The highest BCUT2D eigenvalue weighted by molar-refractivity contribution is 5.48. The summed E-state index contributed by atoms with van der Waals surface area (Å²) in [7, 11) is 0. The number of hydrogen-bond donors (Lipinski definition) is 2. The monoisotopic (exact) mass is 274 g/mol. The number of rotatable bonds is 1. The molecule has 2 N–H and O–H groups in total. The number of nitrogens with zero attached hydrogens (tertiary/aromatic N) is 2. The molecule has 2 atom stereocenters. The normalized spacial score (nSPS) is 29.1. The Kier molecular flexibility index (Phi) is 3.04. The van der Waals surface area contributed by atoms with E-state index in [1.165, 1.54) is 12.1 Å². The quantitative estimate of drug-likeness (QED) is 0.755. The van der Waals surface area contributed by atoms with Crippen molar-refractivity contribution in [3.05, 3.63) is 28.2 Å². The molecule has 5 nitrogen and oxygen atoms in total. The number of anilines is 1. The first-order chi connectivity index (χ1) is 9.81. The van der Waals surface area contributed by atoms with Crippen molar-refractivity contribution in [2.24, 2.45) is 5.92 Å². The molecule has 20 heavy (non-hydrogen) atoms. The lowest BCUT2D eigenvalue weighted by Crippen LogP contribution is -2.46. The van der Waals surface area contributed by atoms with Crippen molar-refractivity contribution in [2.75, 3.05) is 44.2 Å². The maximum absolute atomic E-state index is 12.5. The van der Waals surface area contributed by atoms with Gasteiger partial charge in [-0.25, -0.2) is 0 Å². The van der Waals surface area contributed by atoms with Crippen LogP contribution in [0.2, 0.25) is 0 Å². The van der Waals surface area contributed by atoms with E-state index >= 15 is 0 Å². The number of nitrogens with one attached hydrogen (secondary N) is 2. The van der Waals surface area contributed by atoms with Crippen LogP contribution in [0.5, 0.6) is 0 Å². The molecule has 2 unspecified atom stereocenters. The zero-order chi connectivity index (χ0) is 13.5. The van der Waals surface area contributed by atoms with Gasteiger partial charge in [-0.2, -0.15) is 0 Å². The van der Waals surface area contributed by atoms with Gasteiger partial charge >= 0.3 is 0 Å². The van der Waals surface area contributed by atoms with Crippen LogP contribution in [0.1, 0.15) is 18.0 Å². The summed E-state index contributed by atoms with van der Waals surface area (Å²) < 4.78 is 2.02. The van der Waals surface area contributed by atoms with Gasteiger partial charge in [0.2, 0.25) is 0 Å². The summed E-state index contributed by atoms with van der Waals surface area (Å²) in [4.78, 5) is 14.8. The third kappa shape index (κ3) is 2.05. The fourth-order valence-electron chi connectivity index (χ4n) is 3.90. The van der Waals surface area contributed by atoms with Crippen molar-refractivity contribution in [3.8, 4) is 0 Å². The smallest absolute Gasteiger partial charge is 0.252 e. The molecular formula is C15H22N4O. The molecule has 1 aromatic heterocycles. The van der Waals surface area contributed by atoms with Crippen molar-refractivity contribution < 1.29 is 0 Å². The van der Waals surface area contributed by atoms with E-state index in [1.54, 1.807) is 0 Å². The molecular weight excluding hydrogens is 252 g/mol. The maximum atomic E-state index is 12.5. The number of aromatic nitrogens is 1. The lowest BCUT2D eigenvalue weighted by Gasteiger charge is -2.38. The summed E-state index contributed by atoms with van der Waals surface area (Å²) >= 11 is 0. The highest BCUT2D eigenvalue weighted by atomic mass is 16.1. The lowest BCUT2D eigenvalue weighted by atomic mass is 9.84. The number of fused-ring (bicyclic) bond motifs is 4. The Hall–Kier alpha value is -1.33. The van der Waals surface area contributed by atoms with Crippen LogP contribution in [-0.4, -0.2) is 43.8 Å². The van der Waals surface area contributed by atoms with Gasteiger partial charge in [-0.15, -0.1) is 0 Å². The van der Waals surface area contributed by atoms with Crippen molar-refractivity contribution in [1.82, 2.24) is 15.2 Å². The van der Waals surface area contributed by atoms with Crippen LogP contribution < -0.4 is 21.1 Å². The van der Waals surface area contributed by atoms with Gasteiger partial charge in [-0.05, 0) is 24.9 Å². The van der Waals surface area contributed by atoms with Crippen molar-refractivity contribution in [3.63, 3.8) is 0 Å². The van der Waals surface area contributed by atoms with Gasteiger partial charge in [0.25, 0.3) is 5.56 Å². The van der Waals surface area contributed by atoms with Crippen LogP contribution in [0.4, 0.5) is 5.69 Å². The standard InChI is InChI=1S/C15H22N4O/c20-15-7-13(18-3-1-16-2-4-18)6-14-12-5-11(8-17-9-12)10-19(14)15/h6-7,11-12,16-17H,1-5,8-10H2. The Balaban J connectivity index is 1.73. The van der Waals surface area contributed by atoms with E-state index in [9.17, 15) is 4.79 Å². The summed E-state index contributed by atoms with van der Waals surface area (Å²) in [6, 6.07) is 4.10. The molecule has 2 bridgehead atoms. The molecule has 0 radical (unpaired) electrons. The first-order valence-corrected chi connectivity index (χ1v) is 7.72. The first-order valence-electron chi connectivity index (χ1n) is 7.72. The van der Waals surface area contributed by atoms with Gasteiger partial charge in [0.05, 0.1) is 0 Å². The van der Waals surface area contributed by atoms with E-state index in [0.29, 0.717) is 11.8 Å². The highest BCUT2D eigenvalue weighted by Gasteiger charge is 2.31. The molecule has 5 heteroatoms. The minimum atomic E-state index is 0.188. The second-order valence-electron chi connectivity index (χ2n) is 6.28. The molecule has 2 saturated heterocycles. The summed E-state index contributed by atoms with van der Waals surface area (Å²) in [5, 5.41) is 6.87. The SMILES string of the molecule is O=c1cc(N2CCNCC2)cc2n1CC1CNCC2C1. The first kappa shape index (κ1) is 12.4. The Labute approximate surface area is 119 Å². The number of piperazine rings is 1. The molecule has 3 aliphatic heterocycles. The number of pyridine rings is 1. The molecule has 108 valence electrons. The molecule has 0 spiro atoms. The summed E-state index contributed by atoms with van der Waals surface area (Å²) in [6.07, 6.45) is 1.23. The van der Waals surface area contributed by atoms with E-state index in [2.05, 4.69) is 21.6 Å². The summed E-state index contributed by atoms with van der Waals surface area (Å²) in [5.41, 5.74) is 2.55. The summed E-state index contributed by atoms with van der Waals surface area (Å²) in [5.74, 6) is 1.14. The Morgan fingerprint density at radius 3 is 2.80 bits per heavy atom. The molecule has 2 fully saturated rings. The van der Waals surface area contributed by atoms with Crippen LogP contribution in [0, 0.1) is 5.92 Å². The van der Waals surface area contributed by atoms with Gasteiger partial charge in [0, 0.05) is 62.6 Å². The van der Waals surface area contributed by atoms with E-state index in [0.717, 1.165) is 51.5 Å². The number of hydrogen-bond acceptors (Lipinski definition) is 4. The molecule has 0 aliphatic carbocycles. The van der Waals surface area contributed by atoms with Gasteiger partial charge in [0.1, 0.15) is 0 Å². The second kappa shape index (κ2) is 4.90. The fourth-order valence-corrected chi connectivity index (χ4v) is 3.90. The van der Waals surface area contributed by atoms with E-state index in [1.807, 2.05) is 10.6 Å². The van der Waals surface area contributed by atoms with Gasteiger partial charge in [-0.1, -0.05) is 0 Å². The third-order valence-electron chi connectivity index (χ3n) is 4.93. The summed E-state index contributed by atoms with van der Waals surface area (Å²) in [6.45, 7) is 6.96. The second-order valence-corrected chi connectivity index (χ2v) is 6.28. The zero-order valence-electron chi connectivity index (χ0n) is 11.8. The predicted octanol–water partition coefficient (Wildman–Crippen LogP) is -0.0354. The molecule has 4 rings (SSSR count). The minimum Gasteiger partial charge on any atom is -0.369 e. The van der Waals surface area contributed by atoms with Gasteiger partial charge in [-0.3, -0.25) is 4.79 Å². The lowest BCUT2D eigenvalue weighted by molar-refractivity contribution is 0.257. The van der Waals surface area contributed by atoms with Crippen LogP contribution >= 0.6 is 0 Å². The van der Waals surface area contributed by atoms with E-state index < -0.39 is 0 Å². The highest BCUT2D eigenvalue weighted by Crippen LogP contribution is 2.33. The average molecular weight is 274 g/mol. The Morgan fingerprint density at radius 1 is 1.10 bits per heavy atom. The molecule has 1 aromatic rings.